The summed E-state index contributed by atoms with van der Waals surface area (Å²) in [6, 6.07) is 62.3. The number of esters is 6. The maximum atomic E-state index is 16.6. The average Bonchev–Trinajstić information content (AvgIpc) is 1.51. The number of ether oxygens (including phenoxy) is 6. The fourth-order valence-electron chi connectivity index (χ4n) is 14.7. The predicted molar refractivity (Wildman–Crippen MR) is 402 cm³/mol. The molecule has 0 radical (unpaired) electrons. The van der Waals surface area contributed by atoms with Crippen LogP contribution in [0.2, 0.25) is 0 Å². The first-order chi connectivity index (χ1) is 55.8. The zero-order chi connectivity index (χ0) is 80.5. The monoisotopic (exact) mass is 1530 g/mol. The zero-order valence-corrected chi connectivity index (χ0v) is 59.7. The normalized spacial score (nSPS) is 15.0. The molecule has 10 aromatic rings. The van der Waals surface area contributed by atoms with Crippen molar-refractivity contribution in [3.8, 4) is 35.4 Å². The Balaban J connectivity index is 1.05. The number of nitrogens with zero attached hydrogens (tertiary/aromatic N) is 6. The predicted octanol–water partition coefficient (Wildman–Crippen LogP) is 14.4. The van der Waals surface area contributed by atoms with Crippen LogP contribution in [-0.4, -0.2) is 58.8 Å². The van der Waals surface area contributed by atoms with Crippen LogP contribution in [-0.2, 0) is 113 Å². The first kappa shape index (κ1) is 74.8. The minimum Gasteiger partial charge on any atom is -0.459 e. The third kappa shape index (κ3) is 12.9. The van der Waals surface area contributed by atoms with Gasteiger partial charge in [0.25, 0.3) is 0 Å². The van der Waals surface area contributed by atoms with Gasteiger partial charge in [0.15, 0.2) is 23.3 Å². The number of fused-ring (bicyclic) bond motifs is 7. The van der Waals surface area contributed by atoms with E-state index in [9.17, 15) is 21.0 Å². The van der Waals surface area contributed by atoms with Gasteiger partial charge in [-0.1, -0.05) is 182 Å². The van der Waals surface area contributed by atoms with Gasteiger partial charge in [-0.15, -0.1) is 0 Å². The van der Waals surface area contributed by atoms with Gasteiger partial charge in [-0.05, 0) is 139 Å². The van der Waals surface area contributed by atoms with Crippen LogP contribution in [0.25, 0.3) is 34.4 Å². The SMILES string of the molecule is N#CC(C#N)=C1/C(=N/C2=Cc3cc4c(cc3C2(C(=O)OCc2ccccc2)C(=O)OCc2ccccc2)-c2cc3c(cc2C4(C(=O)OCc2ccccc2)C(=O)OCc2ccccc2)C=C(/N=C2\C(=O)c4cc(F)c(F)cc4C2=C(C#N)C#N)C3(C(=O)OCc2ccccc2)C(=O)OCc2ccccc2)C(=O)c2cc(F)c(F)cc21. The smallest absolute Gasteiger partial charge is 0.334 e. The van der Waals surface area contributed by atoms with Crippen molar-refractivity contribution in [3.05, 3.63) is 365 Å². The number of benzene rings is 10. The summed E-state index contributed by atoms with van der Waals surface area (Å²) >= 11 is 0. The number of hydrogen-bond acceptors (Lipinski definition) is 20. The van der Waals surface area contributed by atoms with Gasteiger partial charge in [0.05, 0.1) is 11.4 Å². The molecule has 0 spiro atoms. The van der Waals surface area contributed by atoms with E-state index < -0.39 is 205 Å². The van der Waals surface area contributed by atoms with Crippen molar-refractivity contribution < 1.29 is 84.3 Å². The lowest BCUT2D eigenvalue weighted by Gasteiger charge is -2.30. The van der Waals surface area contributed by atoms with Crippen molar-refractivity contribution in [1.29, 1.82) is 21.0 Å². The Bertz CT molecular complexity index is 5730. The largest absolute Gasteiger partial charge is 0.459 e. The van der Waals surface area contributed by atoms with Crippen molar-refractivity contribution in [2.45, 2.75) is 55.9 Å². The van der Waals surface area contributed by atoms with Crippen LogP contribution in [0.5, 0.6) is 0 Å². The van der Waals surface area contributed by atoms with E-state index in [-0.39, 0.29) is 33.4 Å². The van der Waals surface area contributed by atoms with Crippen LogP contribution in [0, 0.1) is 68.6 Å². The highest BCUT2D eigenvalue weighted by atomic mass is 19.2. The zero-order valence-electron chi connectivity index (χ0n) is 59.7. The van der Waals surface area contributed by atoms with Crippen molar-refractivity contribution in [2.75, 3.05) is 0 Å². The Morgan fingerprint density at radius 3 is 0.783 bits per heavy atom. The summed E-state index contributed by atoms with van der Waals surface area (Å²) in [4.78, 5) is 138. The molecule has 20 nitrogen and oxygen atoms in total. The summed E-state index contributed by atoms with van der Waals surface area (Å²) in [7, 11) is 0. The molecule has 10 aromatic carbocycles. The van der Waals surface area contributed by atoms with Gasteiger partial charge in [-0.2, -0.15) is 21.0 Å². The Hall–Kier alpha value is -15.7. The number of halogens is 4. The summed E-state index contributed by atoms with van der Waals surface area (Å²) in [5.41, 5.74) is -18.6. The van der Waals surface area contributed by atoms with Gasteiger partial charge in [0, 0.05) is 33.4 Å². The van der Waals surface area contributed by atoms with Crippen molar-refractivity contribution in [1.82, 2.24) is 0 Å². The Morgan fingerprint density at radius 1 is 0.304 bits per heavy atom. The molecule has 5 aliphatic rings. The summed E-state index contributed by atoms with van der Waals surface area (Å²) in [6.07, 6.45) is 2.18. The second kappa shape index (κ2) is 30.7. The molecular weight excluding hydrogens is 1480 g/mol. The van der Waals surface area contributed by atoms with E-state index in [2.05, 4.69) is 0 Å². The van der Waals surface area contributed by atoms with Gasteiger partial charge < -0.3 is 28.4 Å². The number of hydrogen-bond donors (Lipinski definition) is 0. The summed E-state index contributed by atoms with van der Waals surface area (Å²) in [6.45, 7) is -3.50. The number of Topliss-reactive ketones (excluding diaryl/α,β-unsaturated/α-hetero) is 2. The van der Waals surface area contributed by atoms with E-state index in [0.29, 0.717) is 57.6 Å². The molecule has 0 aliphatic heterocycles. The number of nitriles is 4. The van der Waals surface area contributed by atoms with E-state index in [1.807, 2.05) is 0 Å². The lowest BCUT2D eigenvalue weighted by Crippen LogP contribution is -2.47. The van der Waals surface area contributed by atoms with Crippen LogP contribution in [0.4, 0.5) is 17.6 Å². The van der Waals surface area contributed by atoms with Crippen LogP contribution in [0.3, 0.4) is 0 Å². The lowest BCUT2D eigenvalue weighted by atomic mass is 9.74. The number of rotatable bonds is 20. The first-order valence-electron chi connectivity index (χ1n) is 35.2. The first-order valence-corrected chi connectivity index (χ1v) is 35.2. The molecule has 115 heavy (non-hydrogen) atoms. The number of ketones is 2. The standard InChI is InChI=1S/C91H52F4N6O14/c92-71-37-63-65(39-73(71)94)81(102)79(77(63)59(41-96)42-97)100-75-33-57-31-69-61(35-67(57)90(75,85(106)112-47-53-23-11-3-12-24-53)86(107)113-48-54-25-13-4-14-26-54)62-36-68-58(32-70(62)89(69,83(104)110-45-51-19-7-1-8-20-51)84(105)111-46-52-21-9-2-10-22-52)34-76(101-80-78(60(43-98)44-99)64-38-72(93)74(95)40-66(64)82(80)103)91(68,87(108)114-49-55-27-15-5-16-28-55)88(109)115-50-56-29-17-6-18-30-56/h1-40H,45-50H2/b100-79-,101-80-. The van der Waals surface area contributed by atoms with E-state index in [1.165, 1.54) is 24.3 Å². The number of carbonyl (C=O) groups excluding carboxylic acids is 8. The number of carbonyl (C=O) groups is 8. The minimum atomic E-state index is -3.17. The maximum absolute atomic E-state index is 16.6. The van der Waals surface area contributed by atoms with Gasteiger partial charge >= 0.3 is 35.8 Å². The fourth-order valence-corrected chi connectivity index (χ4v) is 14.7. The molecule has 24 heteroatoms. The third-order valence-corrected chi connectivity index (χ3v) is 20.2. The van der Waals surface area contributed by atoms with E-state index >= 15 is 55.9 Å². The Morgan fingerprint density at radius 2 is 0.539 bits per heavy atom. The fraction of sp³-hybridized carbons (Fsp3) is 0.0989. The molecule has 0 fully saturated rings. The number of allylic oxidation sites excluding steroid dienone is 4. The van der Waals surface area contributed by atoms with Gasteiger partial charge in [0.2, 0.25) is 27.8 Å². The molecule has 15 rings (SSSR count). The molecule has 0 aromatic heterocycles. The molecule has 0 atom stereocenters. The molecule has 0 saturated heterocycles. The molecule has 0 N–H and O–H groups in total. The maximum Gasteiger partial charge on any atom is 0.334 e. The highest BCUT2D eigenvalue weighted by Crippen LogP contribution is 2.59. The van der Waals surface area contributed by atoms with Gasteiger partial charge in [0.1, 0.15) is 86.5 Å². The summed E-state index contributed by atoms with van der Waals surface area (Å²) < 4.78 is 99.3. The van der Waals surface area contributed by atoms with Crippen LogP contribution >= 0.6 is 0 Å². The average molecular weight is 1530 g/mol. The Labute approximate surface area is 650 Å². The molecule has 0 saturated carbocycles. The molecule has 0 heterocycles. The second-order valence-electron chi connectivity index (χ2n) is 26.8. The number of aliphatic imine (C=N–C) groups is 2. The van der Waals surface area contributed by atoms with E-state index in [1.54, 1.807) is 206 Å². The highest BCUT2D eigenvalue weighted by Gasteiger charge is 2.65. The molecule has 0 amide bonds. The third-order valence-electron chi connectivity index (χ3n) is 20.2. The molecule has 5 aliphatic carbocycles. The molecule has 558 valence electrons. The van der Waals surface area contributed by atoms with Crippen LogP contribution in [0.15, 0.2) is 263 Å². The van der Waals surface area contributed by atoms with Crippen molar-refractivity contribution in [2.24, 2.45) is 9.98 Å². The van der Waals surface area contributed by atoms with E-state index in [4.69, 9.17) is 38.4 Å². The van der Waals surface area contributed by atoms with E-state index in [0.717, 1.165) is 12.2 Å². The molecule has 0 unspecified atom stereocenters. The van der Waals surface area contributed by atoms with Gasteiger partial charge in [-0.25, -0.2) is 27.5 Å². The van der Waals surface area contributed by atoms with Crippen molar-refractivity contribution in [3.63, 3.8) is 0 Å². The Kier molecular flexibility index (Phi) is 19.9. The summed E-state index contributed by atoms with van der Waals surface area (Å²) in [5.74, 6) is -17.3. The second-order valence-corrected chi connectivity index (χ2v) is 26.8. The quantitative estimate of drug-likeness (QED) is 0.0225. The minimum absolute atomic E-state index is 0.282. The summed E-state index contributed by atoms with van der Waals surface area (Å²) in [5, 5.41) is 42.3. The van der Waals surface area contributed by atoms with Crippen LogP contribution in [0.1, 0.15) is 98.6 Å². The van der Waals surface area contributed by atoms with Crippen LogP contribution < -0.4 is 0 Å². The lowest BCUT2D eigenvalue weighted by molar-refractivity contribution is -0.166. The topological polar surface area (TPSA) is 312 Å². The van der Waals surface area contributed by atoms with Crippen molar-refractivity contribution >= 4 is 82.1 Å². The molecule has 0 bridgehead atoms. The molecular formula is C91H52F4N6O14. The highest BCUT2D eigenvalue weighted by molar-refractivity contribution is 6.66. The van der Waals surface area contributed by atoms with Gasteiger partial charge in [-0.3, -0.25) is 38.4 Å².